The van der Waals surface area contributed by atoms with Gasteiger partial charge in [0.05, 0.1) is 18.0 Å². The number of aliphatic carboxylic acids is 1. The van der Waals surface area contributed by atoms with Crippen molar-refractivity contribution in [3.8, 4) is 11.1 Å². The van der Waals surface area contributed by atoms with Crippen molar-refractivity contribution in [3.63, 3.8) is 0 Å². The Morgan fingerprint density at radius 1 is 0.943 bits per heavy atom. The molecule has 1 saturated heterocycles. The normalized spacial score (nSPS) is 18.4. The fourth-order valence-corrected chi connectivity index (χ4v) is 9.20. The van der Waals surface area contributed by atoms with Gasteiger partial charge in [-0.2, -0.15) is 13.2 Å². The van der Waals surface area contributed by atoms with Crippen LogP contribution in [0.5, 0.6) is 0 Å². The van der Waals surface area contributed by atoms with E-state index in [1.54, 1.807) is 0 Å². The summed E-state index contributed by atoms with van der Waals surface area (Å²) in [6.07, 6.45) is 4.28. The molecule has 0 bridgehead atoms. The Morgan fingerprint density at radius 2 is 1.60 bits per heavy atom. The van der Waals surface area contributed by atoms with Crippen LogP contribution in [0.3, 0.4) is 0 Å². The minimum absolute atomic E-state index is 0.0279. The van der Waals surface area contributed by atoms with E-state index in [-0.39, 0.29) is 23.7 Å². The van der Waals surface area contributed by atoms with Crippen molar-refractivity contribution in [3.05, 3.63) is 91.6 Å². The minimum Gasteiger partial charge on any atom is -0.481 e. The van der Waals surface area contributed by atoms with Crippen molar-refractivity contribution in [2.75, 3.05) is 13.1 Å². The maximum absolute atomic E-state index is 14.5. The topological polar surface area (TPSA) is 91.6 Å². The monoisotopic (exact) mass is 737 g/mol. The maximum Gasteiger partial charge on any atom is 0.416 e. The quantitative estimate of drug-likeness (QED) is 0.192. The van der Waals surface area contributed by atoms with E-state index in [1.807, 2.05) is 39.8 Å². The average molecular weight is 738 g/mol. The number of amides is 1. The number of aryl methyl sites for hydroxylation is 3. The summed E-state index contributed by atoms with van der Waals surface area (Å²) >= 11 is 0. The molecule has 0 radical (unpaired) electrons. The number of carboxylic acid groups (broad SMARTS) is 1. The van der Waals surface area contributed by atoms with Crippen molar-refractivity contribution in [1.82, 2.24) is 14.8 Å². The summed E-state index contributed by atoms with van der Waals surface area (Å²) in [5.74, 6) is -2.68. The number of alkyl halides is 3. The van der Waals surface area contributed by atoms with Gasteiger partial charge in [-0.3, -0.25) is 14.4 Å². The summed E-state index contributed by atoms with van der Waals surface area (Å²) in [7, 11) is 0. The number of rotatable bonds is 11. The van der Waals surface area contributed by atoms with Crippen LogP contribution in [0.2, 0.25) is 0 Å². The summed E-state index contributed by atoms with van der Waals surface area (Å²) in [5.41, 5.74) is 4.08. The highest BCUT2D eigenvalue weighted by atomic mass is 19.4. The van der Waals surface area contributed by atoms with Crippen LogP contribution in [-0.4, -0.2) is 45.6 Å². The first-order chi connectivity index (χ1) is 25.1. The van der Waals surface area contributed by atoms with E-state index in [4.69, 9.17) is 0 Å². The third-order valence-corrected chi connectivity index (χ3v) is 11.7. The predicted octanol–water partition coefficient (Wildman–Crippen LogP) is 8.82. The molecular formula is C42H51F4N3O4. The van der Waals surface area contributed by atoms with E-state index >= 15 is 0 Å². The number of benzene rings is 2. The molecule has 2 aromatic carbocycles. The Hall–Kier alpha value is -3.99. The molecule has 11 heteroatoms. The second-order valence-electron chi connectivity index (χ2n) is 15.9. The Labute approximate surface area is 308 Å². The Morgan fingerprint density at radius 3 is 2.21 bits per heavy atom. The number of aromatic nitrogens is 1. The van der Waals surface area contributed by atoms with Gasteiger partial charge >= 0.3 is 12.1 Å². The van der Waals surface area contributed by atoms with Gasteiger partial charge in [-0.05, 0) is 153 Å². The first-order valence-electron chi connectivity index (χ1n) is 19.1. The molecule has 53 heavy (non-hydrogen) atoms. The third-order valence-electron chi connectivity index (χ3n) is 11.7. The van der Waals surface area contributed by atoms with Crippen molar-refractivity contribution < 1.29 is 32.3 Å². The number of carboxylic acids is 1. The van der Waals surface area contributed by atoms with Gasteiger partial charge in [-0.1, -0.05) is 32.8 Å². The standard InChI is InChI=1S/C42H51F4N3O4/c1-24(2)16-37(49-23-34(35(21-38(49)50)42(44,45)46)27-12-14-48(15-13-27)31-9-5-6-10-31)41(53)47-36(22-39(51)52)29-19-28-8-7-11-32(28)33(20-29)40-25(3)17-30(43)18-26(40)4/h17-21,23-24,27,31,36-37H,5-16,22H2,1-4H3,(H,47,53)(H,51,52)/t36-,37-/m0/s1. The first-order valence-corrected chi connectivity index (χ1v) is 19.1. The molecule has 1 amide bonds. The number of piperidine rings is 1. The number of carbonyl (C=O) groups excluding carboxylic acids is 1. The zero-order valence-electron chi connectivity index (χ0n) is 31.1. The van der Waals surface area contributed by atoms with Crippen LogP contribution in [0.1, 0.15) is 129 Å². The van der Waals surface area contributed by atoms with Gasteiger partial charge in [0.25, 0.3) is 5.56 Å². The van der Waals surface area contributed by atoms with E-state index < -0.39 is 53.6 Å². The zero-order valence-corrected chi connectivity index (χ0v) is 31.1. The number of halogens is 4. The molecule has 7 nitrogen and oxygen atoms in total. The highest BCUT2D eigenvalue weighted by Gasteiger charge is 2.39. The summed E-state index contributed by atoms with van der Waals surface area (Å²) in [6, 6.07) is 5.67. The van der Waals surface area contributed by atoms with Crippen LogP contribution < -0.4 is 10.9 Å². The highest BCUT2D eigenvalue weighted by molar-refractivity contribution is 5.82. The largest absolute Gasteiger partial charge is 0.481 e. The van der Waals surface area contributed by atoms with Crippen LogP contribution >= 0.6 is 0 Å². The lowest BCUT2D eigenvalue weighted by molar-refractivity contribution is -0.139. The van der Waals surface area contributed by atoms with Gasteiger partial charge in [0, 0.05) is 18.3 Å². The van der Waals surface area contributed by atoms with Crippen molar-refractivity contribution in [2.45, 2.75) is 129 Å². The molecule has 3 aliphatic rings. The number of pyridine rings is 1. The molecule has 3 aromatic rings. The number of carbonyl (C=O) groups is 2. The molecular weight excluding hydrogens is 686 g/mol. The number of hydrogen-bond donors (Lipinski definition) is 2. The molecule has 1 saturated carbocycles. The van der Waals surface area contributed by atoms with Gasteiger partial charge in [0.1, 0.15) is 11.9 Å². The van der Waals surface area contributed by atoms with Gasteiger partial charge < -0.3 is 19.9 Å². The van der Waals surface area contributed by atoms with Crippen LogP contribution in [0, 0.1) is 25.6 Å². The number of likely N-dealkylation sites (tertiary alicyclic amines) is 1. The molecule has 286 valence electrons. The van der Waals surface area contributed by atoms with Gasteiger partial charge in [0.2, 0.25) is 5.91 Å². The molecule has 0 unspecified atom stereocenters. The highest BCUT2D eigenvalue weighted by Crippen LogP contribution is 2.41. The Balaban J connectivity index is 1.36. The summed E-state index contributed by atoms with van der Waals surface area (Å²) in [6.45, 7) is 8.76. The average Bonchev–Trinajstić information content (AvgIpc) is 3.79. The molecule has 2 aliphatic carbocycles. The van der Waals surface area contributed by atoms with Crippen LogP contribution in [0.4, 0.5) is 17.6 Å². The molecule has 2 N–H and O–H groups in total. The first kappa shape index (κ1) is 38.7. The van der Waals surface area contributed by atoms with E-state index in [0.717, 1.165) is 70.1 Å². The molecule has 6 rings (SSSR count). The lowest BCUT2D eigenvalue weighted by Crippen LogP contribution is -2.42. The molecule has 0 spiro atoms. The maximum atomic E-state index is 14.5. The summed E-state index contributed by atoms with van der Waals surface area (Å²) in [5, 5.41) is 12.9. The molecule has 2 fully saturated rings. The smallest absolute Gasteiger partial charge is 0.416 e. The van der Waals surface area contributed by atoms with E-state index in [2.05, 4.69) is 10.2 Å². The van der Waals surface area contributed by atoms with Crippen molar-refractivity contribution >= 4 is 11.9 Å². The second-order valence-corrected chi connectivity index (χ2v) is 15.9. The Kier molecular flexibility index (Phi) is 11.5. The molecule has 2 atom stereocenters. The number of nitrogens with one attached hydrogen (secondary N) is 1. The fraction of sp³-hybridized carbons (Fsp3) is 0.548. The van der Waals surface area contributed by atoms with Crippen LogP contribution in [-0.2, 0) is 28.6 Å². The van der Waals surface area contributed by atoms with Gasteiger partial charge in [0.15, 0.2) is 0 Å². The van der Waals surface area contributed by atoms with Crippen LogP contribution in [0.15, 0.2) is 41.3 Å². The number of hydrogen-bond acceptors (Lipinski definition) is 4. The molecule has 2 heterocycles. The predicted molar refractivity (Wildman–Crippen MR) is 196 cm³/mol. The van der Waals surface area contributed by atoms with Gasteiger partial charge in [-0.25, -0.2) is 4.39 Å². The molecule has 1 aliphatic heterocycles. The fourth-order valence-electron chi connectivity index (χ4n) is 9.20. The van der Waals surface area contributed by atoms with Gasteiger partial charge in [-0.15, -0.1) is 0 Å². The van der Waals surface area contributed by atoms with E-state index in [1.165, 1.54) is 31.2 Å². The second kappa shape index (κ2) is 15.8. The lowest BCUT2D eigenvalue weighted by Gasteiger charge is -2.37. The lowest BCUT2D eigenvalue weighted by atomic mass is 9.86. The SMILES string of the molecule is Cc1cc(F)cc(C)c1-c1cc([C@H](CC(=O)O)NC(=O)[C@H](CC(C)C)n2cc(C3CCN(C4CCCC4)CC3)c(C(F)(F)F)cc2=O)cc2c1CCC2. The van der Waals surface area contributed by atoms with Crippen molar-refractivity contribution in [1.29, 1.82) is 0 Å². The van der Waals surface area contributed by atoms with E-state index in [9.17, 15) is 37.1 Å². The number of fused-ring (bicyclic) bond motifs is 1. The van der Waals surface area contributed by atoms with E-state index in [0.29, 0.717) is 43.6 Å². The van der Waals surface area contributed by atoms with Crippen molar-refractivity contribution in [2.24, 2.45) is 5.92 Å². The number of nitrogens with zero attached hydrogens (tertiary/aromatic N) is 2. The summed E-state index contributed by atoms with van der Waals surface area (Å²) < 4.78 is 58.9. The molecule has 1 aromatic heterocycles. The Bertz CT molecular complexity index is 1880. The zero-order chi connectivity index (χ0) is 38.2. The summed E-state index contributed by atoms with van der Waals surface area (Å²) in [4.78, 5) is 42.6. The third kappa shape index (κ3) is 8.55. The minimum atomic E-state index is -4.74. The van der Waals surface area contributed by atoms with Crippen LogP contribution in [0.25, 0.3) is 11.1 Å².